The number of halogens is 1. The molecule has 1 rings (SSSR count). The zero-order chi connectivity index (χ0) is 18.0. The molecule has 0 amide bonds. The van der Waals surface area contributed by atoms with Gasteiger partial charge >= 0.3 is 0 Å². The van der Waals surface area contributed by atoms with E-state index < -0.39 is 0 Å². The van der Waals surface area contributed by atoms with E-state index in [1.54, 1.807) is 0 Å². The second-order valence-corrected chi connectivity index (χ2v) is 7.51. The molecule has 26 heavy (non-hydrogen) atoms. The average molecular weight is 428 g/mol. The molecule has 0 aliphatic heterocycles. The summed E-state index contributed by atoms with van der Waals surface area (Å²) < 4.78 is 2.27. The number of nitrogens with zero attached hydrogens (tertiary/aromatic N) is 1. The van der Waals surface area contributed by atoms with Crippen molar-refractivity contribution in [2.45, 2.75) is 110 Å². The molecule has 1 heterocycles. The maximum Gasteiger partial charge on any atom is 0.169 e. The predicted octanol–water partition coefficient (Wildman–Crippen LogP) is 2.99. The molecule has 0 bridgehead atoms. The van der Waals surface area contributed by atoms with E-state index in [1.807, 2.05) is 0 Å². The smallest absolute Gasteiger partial charge is 0.169 e. The molecule has 0 radical (unpaired) electrons. The maximum atomic E-state index is 8.93. The number of hydrogen-bond acceptors (Lipinski definition) is 1. The third-order valence-corrected chi connectivity index (χ3v) is 5.13. The van der Waals surface area contributed by atoms with E-state index in [4.69, 9.17) is 5.11 Å². The molecule has 0 aromatic carbocycles. The van der Waals surface area contributed by atoms with Crippen LogP contribution in [0.2, 0.25) is 0 Å². The quantitative estimate of drug-likeness (QED) is 0.299. The standard InChI is InChI=1S/C23H42NO.BrH/c1-2-3-4-5-6-7-8-9-10-11-12-13-14-15-19-24-20-16-23(17-21-24)18-22-25;/h16-17,20-21,25H,2-15,18-19,22H2,1H3;1H/q+1;/p-1. The topological polar surface area (TPSA) is 24.1 Å². The van der Waals surface area contributed by atoms with Gasteiger partial charge in [-0.2, -0.15) is 0 Å². The lowest BCUT2D eigenvalue weighted by atomic mass is 10.0. The Morgan fingerprint density at radius 2 is 1.12 bits per heavy atom. The molecule has 1 aromatic rings. The second kappa shape index (κ2) is 19.4. The molecule has 152 valence electrons. The lowest BCUT2D eigenvalue weighted by molar-refractivity contribution is -0.697. The van der Waals surface area contributed by atoms with Gasteiger partial charge in [-0.1, -0.05) is 84.0 Å². The van der Waals surface area contributed by atoms with E-state index >= 15 is 0 Å². The van der Waals surface area contributed by atoms with Gasteiger partial charge in [0.15, 0.2) is 12.4 Å². The summed E-state index contributed by atoms with van der Waals surface area (Å²) in [5.41, 5.74) is 1.22. The van der Waals surface area contributed by atoms with Crippen molar-refractivity contribution in [1.82, 2.24) is 0 Å². The number of aliphatic hydroxyl groups is 1. The highest BCUT2D eigenvalue weighted by atomic mass is 79.9. The van der Waals surface area contributed by atoms with Gasteiger partial charge in [-0.15, -0.1) is 0 Å². The highest BCUT2D eigenvalue weighted by Gasteiger charge is 2.01. The summed E-state index contributed by atoms with van der Waals surface area (Å²) in [4.78, 5) is 0. The van der Waals surface area contributed by atoms with Gasteiger partial charge in [0.25, 0.3) is 0 Å². The van der Waals surface area contributed by atoms with Crippen LogP contribution in [0, 0.1) is 0 Å². The van der Waals surface area contributed by atoms with Crippen molar-refractivity contribution < 1.29 is 26.7 Å². The van der Waals surface area contributed by atoms with Gasteiger partial charge in [-0.05, 0) is 18.4 Å². The van der Waals surface area contributed by atoms with E-state index in [-0.39, 0.29) is 23.6 Å². The molecule has 1 aromatic heterocycles. The van der Waals surface area contributed by atoms with Gasteiger partial charge in [0.2, 0.25) is 0 Å². The van der Waals surface area contributed by atoms with Crippen molar-refractivity contribution in [3.8, 4) is 0 Å². The van der Waals surface area contributed by atoms with Crippen LogP contribution >= 0.6 is 0 Å². The van der Waals surface area contributed by atoms with Gasteiger partial charge in [-0.25, -0.2) is 4.57 Å². The predicted molar refractivity (Wildman–Crippen MR) is 108 cm³/mol. The summed E-state index contributed by atoms with van der Waals surface area (Å²) in [5.74, 6) is 0. The third kappa shape index (κ3) is 14.7. The Morgan fingerprint density at radius 3 is 1.54 bits per heavy atom. The van der Waals surface area contributed by atoms with Crippen LogP contribution < -0.4 is 21.5 Å². The van der Waals surface area contributed by atoms with Gasteiger partial charge < -0.3 is 22.1 Å². The summed E-state index contributed by atoms with van der Waals surface area (Å²) >= 11 is 0. The van der Waals surface area contributed by atoms with Crippen molar-refractivity contribution in [3.05, 3.63) is 30.1 Å². The van der Waals surface area contributed by atoms with Crippen molar-refractivity contribution in [3.63, 3.8) is 0 Å². The summed E-state index contributed by atoms with van der Waals surface area (Å²) in [7, 11) is 0. The molecule has 0 atom stereocenters. The van der Waals surface area contributed by atoms with Crippen LogP contribution in [0.4, 0.5) is 0 Å². The molecule has 0 unspecified atom stereocenters. The van der Waals surface area contributed by atoms with Gasteiger partial charge in [0, 0.05) is 25.2 Å². The second-order valence-electron chi connectivity index (χ2n) is 7.51. The zero-order valence-corrected chi connectivity index (χ0v) is 18.7. The van der Waals surface area contributed by atoms with E-state index in [2.05, 4.69) is 36.0 Å². The first-order chi connectivity index (χ1) is 12.4. The summed E-state index contributed by atoms with van der Waals surface area (Å²) in [6, 6.07) is 4.25. The largest absolute Gasteiger partial charge is 1.00 e. The van der Waals surface area contributed by atoms with Gasteiger partial charge in [0.05, 0.1) is 0 Å². The Bertz CT molecular complexity index is 394. The lowest BCUT2D eigenvalue weighted by Gasteiger charge is -2.03. The molecule has 0 saturated carbocycles. The molecule has 1 N–H and O–H groups in total. The first-order valence-corrected chi connectivity index (χ1v) is 11.0. The fourth-order valence-corrected chi connectivity index (χ4v) is 3.42. The molecule has 0 aliphatic carbocycles. The van der Waals surface area contributed by atoms with Crippen molar-refractivity contribution in [2.75, 3.05) is 6.61 Å². The number of pyridine rings is 1. The fraction of sp³-hybridized carbons (Fsp3) is 0.783. The molecule has 0 fully saturated rings. The fourth-order valence-electron chi connectivity index (χ4n) is 3.42. The molecule has 0 aliphatic rings. The molecular formula is C23H42BrNO. The zero-order valence-electron chi connectivity index (χ0n) is 17.1. The highest BCUT2D eigenvalue weighted by Crippen LogP contribution is 2.12. The summed E-state index contributed by atoms with van der Waals surface area (Å²) in [6.45, 7) is 3.65. The minimum Gasteiger partial charge on any atom is -1.00 e. The third-order valence-electron chi connectivity index (χ3n) is 5.13. The summed E-state index contributed by atoms with van der Waals surface area (Å²) in [5, 5.41) is 8.93. The number of unbranched alkanes of at least 4 members (excludes halogenated alkanes) is 13. The van der Waals surface area contributed by atoms with Crippen molar-refractivity contribution in [2.24, 2.45) is 0 Å². The minimum absolute atomic E-state index is 0. The van der Waals surface area contributed by atoms with Gasteiger partial charge in [0.1, 0.15) is 6.54 Å². The first kappa shape index (κ1) is 25.6. The molecule has 0 saturated heterocycles. The molecule has 0 spiro atoms. The first-order valence-electron chi connectivity index (χ1n) is 11.0. The number of aryl methyl sites for hydroxylation is 1. The number of hydrogen-bond donors (Lipinski definition) is 1. The molecule has 2 nitrogen and oxygen atoms in total. The lowest BCUT2D eigenvalue weighted by Crippen LogP contribution is -3.00. The van der Waals surface area contributed by atoms with Crippen molar-refractivity contribution >= 4 is 0 Å². The number of aliphatic hydroxyl groups excluding tert-OH is 1. The average Bonchev–Trinajstić information content (AvgIpc) is 2.63. The van der Waals surface area contributed by atoms with Crippen LogP contribution in [0.15, 0.2) is 24.5 Å². The Labute approximate surface area is 173 Å². The van der Waals surface area contributed by atoms with E-state index in [1.165, 1.54) is 95.5 Å². The maximum absolute atomic E-state index is 8.93. The summed E-state index contributed by atoms with van der Waals surface area (Å²) in [6.07, 6.45) is 24.9. The van der Waals surface area contributed by atoms with E-state index in [0.29, 0.717) is 0 Å². The number of rotatable bonds is 17. The highest BCUT2D eigenvalue weighted by molar-refractivity contribution is 5.07. The van der Waals surface area contributed by atoms with E-state index in [9.17, 15) is 0 Å². The Hall–Kier alpha value is -0.410. The molecular weight excluding hydrogens is 386 g/mol. The van der Waals surface area contributed by atoms with Crippen LogP contribution in [-0.2, 0) is 13.0 Å². The van der Waals surface area contributed by atoms with Crippen LogP contribution in [0.5, 0.6) is 0 Å². The van der Waals surface area contributed by atoms with Gasteiger partial charge in [-0.3, -0.25) is 0 Å². The van der Waals surface area contributed by atoms with Crippen LogP contribution in [0.3, 0.4) is 0 Å². The SMILES string of the molecule is CCCCCCCCCCCCCCCC[n+]1ccc(CCO)cc1.[Br-]. The Balaban J connectivity index is 0.00000625. The normalized spacial score (nSPS) is 10.7. The Kier molecular flexibility index (Phi) is 19.0. The monoisotopic (exact) mass is 427 g/mol. The van der Waals surface area contributed by atoms with Crippen LogP contribution in [-0.4, -0.2) is 11.7 Å². The van der Waals surface area contributed by atoms with Crippen LogP contribution in [0.25, 0.3) is 0 Å². The van der Waals surface area contributed by atoms with E-state index in [0.717, 1.165) is 13.0 Å². The number of aromatic nitrogens is 1. The van der Waals surface area contributed by atoms with Crippen LogP contribution in [0.1, 0.15) is 102 Å². The minimum atomic E-state index is 0. The van der Waals surface area contributed by atoms with Crippen molar-refractivity contribution in [1.29, 1.82) is 0 Å². The molecule has 3 heteroatoms. The Morgan fingerprint density at radius 1 is 0.692 bits per heavy atom.